The van der Waals surface area contributed by atoms with Crippen LogP contribution in [0, 0.1) is 5.92 Å². The maximum atomic E-state index is 12.3. The van der Waals surface area contributed by atoms with Crippen molar-refractivity contribution in [3.05, 3.63) is 59.2 Å². The van der Waals surface area contributed by atoms with Gasteiger partial charge in [-0.15, -0.1) is 6.58 Å². The number of rotatable bonds is 3. The fraction of sp³-hybridized carbons (Fsp3) is 0.267. The van der Waals surface area contributed by atoms with Gasteiger partial charge in [-0.1, -0.05) is 48.0 Å². The Hall–Kier alpha value is -1.54. The Kier molecular flexibility index (Phi) is 3.87. The fourth-order valence-electron chi connectivity index (χ4n) is 2.28. The van der Waals surface area contributed by atoms with E-state index in [0.29, 0.717) is 23.7 Å². The Morgan fingerprint density at radius 2 is 2.17 bits per heavy atom. The van der Waals surface area contributed by atoms with Crippen molar-refractivity contribution in [3.8, 4) is 0 Å². The summed E-state index contributed by atoms with van der Waals surface area (Å²) in [7, 11) is 0. The molecule has 1 fully saturated rings. The normalized spacial score (nSPS) is 22.2. The quantitative estimate of drug-likeness (QED) is 0.604. The maximum Gasteiger partial charge on any atom is 0.251 e. The van der Waals surface area contributed by atoms with Crippen LogP contribution in [0.25, 0.3) is 0 Å². The summed E-state index contributed by atoms with van der Waals surface area (Å²) in [5.74, 6) is 0.0648. The largest absolute Gasteiger partial charge is 0.334 e. The molecule has 0 radical (unpaired) electrons. The van der Waals surface area contributed by atoms with E-state index in [9.17, 15) is 4.79 Å². The summed E-state index contributed by atoms with van der Waals surface area (Å²) in [6.45, 7) is 6.83. The van der Waals surface area contributed by atoms with Gasteiger partial charge < -0.3 is 4.90 Å². The SMILES string of the molecule is C=C[C@H]1CN(Cc2ccccc2)C(=O)/C1=C(\C)Cl. The van der Waals surface area contributed by atoms with Gasteiger partial charge in [-0.2, -0.15) is 0 Å². The molecule has 0 unspecified atom stereocenters. The molecule has 2 nitrogen and oxygen atoms in total. The van der Waals surface area contributed by atoms with Crippen molar-refractivity contribution in [1.82, 2.24) is 4.90 Å². The molecular weight excluding hydrogens is 246 g/mol. The van der Waals surface area contributed by atoms with Crippen molar-refractivity contribution in [3.63, 3.8) is 0 Å². The highest BCUT2D eigenvalue weighted by Crippen LogP contribution is 2.30. The van der Waals surface area contributed by atoms with E-state index in [0.717, 1.165) is 5.56 Å². The molecule has 1 saturated heterocycles. The van der Waals surface area contributed by atoms with Crippen LogP contribution in [0.15, 0.2) is 53.6 Å². The smallest absolute Gasteiger partial charge is 0.251 e. The van der Waals surface area contributed by atoms with Crippen molar-refractivity contribution in [2.45, 2.75) is 13.5 Å². The molecule has 94 valence electrons. The van der Waals surface area contributed by atoms with Crippen LogP contribution in [0.1, 0.15) is 12.5 Å². The number of nitrogens with zero attached hydrogens (tertiary/aromatic N) is 1. The average Bonchev–Trinajstić information content (AvgIpc) is 2.67. The Balaban J connectivity index is 2.20. The van der Waals surface area contributed by atoms with Crippen LogP contribution in [0.2, 0.25) is 0 Å². The maximum absolute atomic E-state index is 12.3. The van der Waals surface area contributed by atoms with Crippen molar-refractivity contribution in [2.75, 3.05) is 6.54 Å². The van der Waals surface area contributed by atoms with Gasteiger partial charge in [0.1, 0.15) is 0 Å². The first kappa shape index (κ1) is 12.9. The standard InChI is InChI=1S/C15H16ClNO/c1-3-13-10-17(15(18)14(13)11(2)16)9-12-7-5-4-6-8-12/h3-8,13H,1,9-10H2,2H3/b14-11+/t13-/m0/s1. The van der Waals surface area contributed by atoms with Crippen LogP contribution in [0.5, 0.6) is 0 Å². The molecule has 1 amide bonds. The van der Waals surface area contributed by atoms with Crippen LogP contribution in [0.4, 0.5) is 0 Å². The van der Waals surface area contributed by atoms with Gasteiger partial charge in [0.25, 0.3) is 5.91 Å². The van der Waals surface area contributed by atoms with Crippen LogP contribution >= 0.6 is 11.6 Å². The van der Waals surface area contributed by atoms with Crippen LogP contribution in [-0.4, -0.2) is 17.4 Å². The predicted octanol–water partition coefficient (Wildman–Crippen LogP) is 3.34. The van der Waals surface area contributed by atoms with Crippen LogP contribution < -0.4 is 0 Å². The first-order valence-corrected chi connectivity index (χ1v) is 6.33. The minimum atomic E-state index is 0.0243. The second-order valence-electron chi connectivity index (χ2n) is 4.46. The number of hydrogen-bond donors (Lipinski definition) is 0. The third-order valence-corrected chi connectivity index (χ3v) is 3.38. The second-order valence-corrected chi connectivity index (χ2v) is 5.03. The van der Waals surface area contributed by atoms with Crippen molar-refractivity contribution < 1.29 is 4.79 Å². The molecule has 0 aromatic heterocycles. The summed E-state index contributed by atoms with van der Waals surface area (Å²) < 4.78 is 0. The molecule has 0 saturated carbocycles. The van der Waals surface area contributed by atoms with E-state index in [1.807, 2.05) is 35.2 Å². The molecule has 1 aliphatic rings. The van der Waals surface area contributed by atoms with Gasteiger partial charge in [0.2, 0.25) is 0 Å². The highest BCUT2D eigenvalue weighted by atomic mass is 35.5. The van der Waals surface area contributed by atoms with Gasteiger partial charge in [-0.25, -0.2) is 0 Å². The van der Waals surface area contributed by atoms with Crippen molar-refractivity contribution in [1.29, 1.82) is 0 Å². The lowest BCUT2D eigenvalue weighted by Crippen LogP contribution is -2.24. The number of amides is 1. The number of hydrogen-bond acceptors (Lipinski definition) is 1. The fourth-order valence-corrected chi connectivity index (χ4v) is 2.50. The summed E-state index contributed by atoms with van der Waals surface area (Å²) >= 11 is 6.01. The zero-order chi connectivity index (χ0) is 13.1. The number of carbonyl (C=O) groups is 1. The topological polar surface area (TPSA) is 20.3 Å². The summed E-state index contributed by atoms with van der Waals surface area (Å²) in [4.78, 5) is 14.1. The van der Waals surface area contributed by atoms with E-state index in [1.54, 1.807) is 13.0 Å². The van der Waals surface area contributed by atoms with Gasteiger partial charge in [0, 0.05) is 29.6 Å². The van der Waals surface area contributed by atoms with Crippen LogP contribution in [-0.2, 0) is 11.3 Å². The first-order chi connectivity index (χ1) is 8.63. The average molecular weight is 262 g/mol. The number of allylic oxidation sites excluding steroid dienone is 1. The lowest BCUT2D eigenvalue weighted by molar-refractivity contribution is -0.125. The van der Waals surface area contributed by atoms with Crippen molar-refractivity contribution >= 4 is 17.5 Å². The molecular formula is C15H16ClNO. The summed E-state index contributed by atoms with van der Waals surface area (Å²) in [6.07, 6.45) is 1.80. The zero-order valence-corrected chi connectivity index (χ0v) is 11.2. The Morgan fingerprint density at radius 1 is 1.50 bits per heavy atom. The van der Waals surface area contributed by atoms with Gasteiger partial charge in [0.15, 0.2) is 0 Å². The molecule has 1 aromatic carbocycles. The summed E-state index contributed by atoms with van der Waals surface area (Å²) in [6, 6.07) is 9.96. The molecule has 18 heavy (non-hydrogen) atoms. The van der Waals surface area contributed by atoms with E-state index >= 15 is 0 Å². The Bertz CT molecular complexity index is 488. The van der Waals surface area contributed by atoms with Gasteiger partial charge in [0.05, 0.1) is 0 Å². The van der Waals surface area contributed by atoms with E-state index in [1.165, 1.54) is 0 Å². The molecule has 0 N–H and O–H groups in total. The van der Waals surface area contributed by atoms with E-state index in [2.05, 4.69) is 6.58 Å². The summed E-state index contributed by atoms with van der Waals surface area (Å²) in [5, 5.41) is 0.570. The lowest BCUT2D eigenvalue weighted by atomic mass is 10.0. The molecule has 1 atom stereocenters. The second kappa shape index (κ2) is 5.40. The molecule has 0 spiro atoms. The minimum absolute atomic E-state index is 0.0243. The molecule has 0 bridgehead atoms. The van der Waals surface area contributed by atoms with E-state index < -0.39 is 0 Å². The van der Waals surface area contributed by atoms with E-state index in [4.69, 9.17) is 11.6 Å². The molecule has 1 heterocycles. The van der Waals surface area contributed by atoms with Gasteiger partial charge in [-0.3, -0.25) is 4.79 Å². The number of halogens is 1. The molecule has 0 aliphatic carbocycles. The van der Waals surface area contributed by atoms with Crippen LogP contribution in [0.3, 0.4) is 0 Å². The third kappa shape index (κ3) is 2.49. The number of likely N-dealkylation sites (tertiary alicyclic amines) is 1. The highest BCUT2D eigenvalue weighted by molar-refractivity contribution is 6.31. The predicted molar refractivity (Wildman–Crippen MR) is 74.1 cm³/mol. The first-order valence-electron chi connectivity index (χ1n) is 5.95. The van der Waals surface area contributed by atoms with E-state index in [-0.39, 0.29) is 11.8 Å². The molecule has 2 rings (SSSR count). The Morgan fingerprint density at radius 3 is 2.67 bits per heavy atom. The number of benzene rings is 1. The Labute approximate surface area is 113 Å². The molecule has 1 aromatic rings. The third-order valence-electron chi connectivity index (χ3n) is 3.18. The van der Waals surface area contributed by atoms with Gasteiger partial charge >= 0.3 is 0 Å². The molecule has 3 heteroatoms. The summed E-state index contributed by atoms with van der Waals surface area (Å²) in [5.41, 5.74) is 1.81. The molecule has 1 aliphatic heterocycles. The lowest BCUT2D eigenvalue weighted by Gasteiger charge is -2.15. The van der Waals surface area contributed by atoms with Crippen molar-refractivity contribution in [2.24, 2.45) is 5.92 Å². The minimum Gasteiger partial charge on any atom is -0.334 e. The van der Waals surface area contributed by atoms with Gasteiger partial charge in [-0.05, 0) is 12.5 Å². The highest BCUT2D eigenvalue weighted by Gasteiger charge is 2.34. The number of carbonyl (C=O) groups excluding carboxylic acids is 1. The zero-order valence-electron chi connectivity index (χ0n) is 10.4. The monoisotopic (exact) mass is 261 g/mol.